The smallest absolute Gasteiger partial charge is 0.200 e. The Bertz CT molecular complexity index is 732. The molecule has 0 N–H and O–H groups in total. The van der Waals surface area contributed by atoms with E-state index >= 15 is 0 Å². The fraction of sp³-hybridized carbons (Fsp3) is 0. The summed E-state index contributed by atoms with van der Waals surface area (Å²) in [6, 6.07) is 10.0. The van der Waals surface area contributed by atoms with E-state index in [9.17, 15) is 27.1 Å². The van der Waals surface area contributed by atoms with E-state index in [-0.39, 0.29) is 22.6 Å². The van der Waals surface area contributed by atoms with Crippen molar-refractivity contribution in [1.82, 2.24) is 0 Å². The third-order valence-corrected chi connectivity index (χ3v) is 2.92. The van der Waals surface area contributed by atoms with E-state index < -0.39 is 40.4 Å². The molecular weight excluding hydrogens is 371 g/mol. The topological polar surface area (TPSA) is 23.1 Å². The van der Waals surface area contributed by atoms with Gasteiger partial charge in [0, 0.05) is 22.6 Å². The molecule has 2 aromatic carbocycles. The van der Waals surface area contributed by atoms with Crippen LogP contribution in [0.2, 0.25) is 0 Å². The molecule has 0 radical (unpaired) electrons. The monoisotopic (exact) mass is 380 g/mol. The van der Waals surface area contributed by atoms with Gasteiger partial charge in [-0.1, -0.05) is 30.1 Å². The zero-order valence-corrected chi connectivity index (χ0v) is 13.0. The number of allylic oxidation sites excluding steroid dienone is 5. The fourth-order valence-electron chi connectivity index (χ4n) is 1.79. The van der Waals surface area contributed by atoms with E-state index in [0.717, 1.165) is 0 Å². The molecule has 24 heavy (non-hydrogen) atoms. The third kappa shape index (κ3) is 3.99. The van der Waals surface area contributed by atoms with Crippen LogP contribution in [0, 0.1) is 29.1 Å². The summed E-state index contributed by atoms with van der Waals surface area (Å²) >= 11 is 0. The van der Waals surface area contributed by atoms with Gasteiger partial charge in [-0.25, -0.2) is 34.1 Å². The molecule has 0 heterocycles. The van der Waals surface area contributed by atoms with Crippen LogP contribution in [0.15, 0.2) is 60.2 Å². The van der Waals surface area contributed by atoms with Crippen molar-refractivity contribution in [1.29, 1.82) is 0 Å². The summed E-state index contributed by atoms with van der Waals surface area (Å²) in [5, 5.41) is 11.6. The number of rotatable bonds is 1. The fourth-order valence-corrected chi connectivity index (χ4v) is 1.79. The molecule has 0 saturated heterocycles. The minimum Gasteiger partial charge on any atom is -0.872 e. The van der Waals surface area contributed by atoms with Gasteiger partial charge in [-0.05, 0) is 5.57 Å². The molecule has 2 aromatic rings. The van der Waals surface area contributed by atoms with Crippen LogP contribution < -0.4 is 5.11 Å². The second-order valence-electron chi connectivity index (χ2n) is 4.41. The number of benzene rings is 1. The maximum Gasteiger partial charge on any atom is 0.200 e. The second-order valence-corrected chi connectivity index (χ2v) is 4.41. The number of hydrogen-bond acceptors (Lipinski definition) is 1. The van der Waals surface area contributed by atoms with Crippen LogP contribution in [-0.2, 0) is 17.1 Å². The molecule has 3 rings (SSSR count). The largest absolute Gasteiger partial charge is 0.872 e. The third-order valence-electron chi connectivity index (χ3n) is 2.92. The normalized spacial score (nSPS) is 11.8. The van der Waals surface area contributed by atoms with Gasteiger partial charge in [0.2, 0.25) is 5.82 Å². The van der Waals surface area contributed by atoms with Crippen molar-refractivity contribution in [3.8, 4) is 0 Å². The Morgan fingerprint density at radius 3 is 1.54 bits per heavy atom. The van der Waals surface area contributed by atoms with Crippen molar-refractivity contribution in [2.45, 2.75) is 0 Å². The Morgan fingerprint density at radius 1 is 0.750 bits per heavy atom. The Balaban J connectivity index is 0.000000412. The molecule has 0 amide bonds. The molecule has 1 aliphatic carbocycles. The minimum absolute atomic E-state index is 0. The van der Waals surface area contributed by atoms with Gasteiger partial charge in [-0.2, -0.15) is 18.2 Å². The maximum atomic E-state index is 13.3. The summed E-state index contributed by atoms with van der Waals surface area (Å²) in [6.07, 6.45) is 5.22. The number of hydrogen-bond donors (Lipinski definition) is 0. The zero-order valence-electron chi connectivity index (χ0n) is 11.8. The van der Waals surface area contributed by atoms with Gasteiger partial charge < -0.3 is 5.11 Å². The predicted molar refractivity (Wildman–Crippen MR) is 73.5 cm³/mol. The molecule has 0 fully saturated rings. The van der Waals surface area contributed by atoms with Crippen molar-refractivity contribution in [2.75, 3.05) is 0 Å². The van der Waals surface area contributed by atoms with Crippen molar-refractivity contribution in [2.24, 2.45) is 0 Å². The molecule has 0 aliphatic heterocycles. The maximum absolute atomic E-state index is 13.3. The first-order chi connectivity index (χ1) is 10.9. The first kappa shape index (κ1) is 19.8. The molecule has 0 bridgehead atoms. The molecule has 0 atom stereocenters. The van der Waals surface area contributed by atoms with Crippen LogP contribution in [0.3, 0.4) is 0 Å². The van der Waals surface area contributed by atoms with Gasteiger partial charge in [-0.15, -0.1) is 0 Å². The zero-order chi connectivity index (χ0) is 17.0. The van der Waals surface area contributed by atoms with Crippen LogP contribution in [0.1, 0.15) is 5.56 Å². The number of halogens is 5. The molecule has 1 aliphatic rings. The Hall–Kier alpha value is -2.24. The summed E-state index contributed by atoms with van der Waals surface area (Å²) in [6.45, 7) is 0. The van der Waals surface area contributed by atoms with Crippen molar-refractivity contribution < 1.29 is 44.1 Å². The van der Waals surface area contributed by atoms with Crippen LogP contribution in [0.25, 0.3) is 5.76 Å². The van der Waals surface area contributed by atoms with Gasteiger partial charge in [0.25, 0.3) is 0 Å². The average Bonchev–Trinajstić information content (AvgIpc) is 3.26. The predicted octanol–water partition coefficient (Wildman–Crippen LogP) is 3.98. The standard InChI is InChI=1S/C12H5F5O.C5H5.Fe/c13-7-6(12(18)5-3-1-2-4-5)8(14)10(16)11(17)9(7)15;1-2-4-5-3-1;/h1-4,18H;1-5H;/q;-1;/p-1. The minimum atomic E-state index is -2.29. The molecule has 7 heteroatoms. The first-order valence-electron chi connectivity index (χ1n) is 6.39. The van der Waals surface area contributed by atoms with Crippen molar-refractivity contribution in [3.05, 3.63) is 94.9 Å². The summed E-state index contributed by atoms with van der Waals surface area (Å²) in [5.74, 6) is -12.1. The molecular formula is C17H9F5FeO-2. The summed E-state index contributed by atoms with van der Waals surface area (Å²) in [5.41, 5.74) is -1.60. The van der Waals surface area contributed by atoms with E-state index in [1.165, 1.54) is 24.3 Å². The second kappa shape index (κ2) is 8.57. The van der Waals surface area contributed by atoms with Gasteiger partial charge in [0.1, 0.15) is 0 Å². The van der Waals surface area contributed by atoms with Gasteiger partial charge in [0.15, 0.2) is 23.3 Å². The van der Waals surface area contributed by atoms with E-state index in [4.69, 9.17) is 0 Å². The average molecular weight is 380 g/mol. The van der Waals surface area contributed by atoms with E-state index in [0.29, 0.717) is 0 Å². The van der Waals surface area contributed by atoms with Crippen LogP contribution >= 0.6 is 0 Å². The van der Waals surface area contributed by atoms with Crippen LogP contribution in [-0.4, -0.2) is 0 Å². The molecule has 0 aromatic heterocycles. The van der Waals surface area contributed by atoms with Gasteiger partial charge in [-0.3, -0.25) is 0 Å². The first-order valence-corrected chi connectivity index (χ1v) is 6.39. The van der Waals surface area contributed by atoms with E-state index in [2.05, 4.69) is 0 Å². The Kier molecular flexibility index (Phi) is 7.07. The summed E-state index contributed by atoms with van der Waals surface area (Å²) in [4.78, 5) is 0. The van der Waals surface area contributed by atoms with Gasteiger partial charge in [0.05, 0.1) is 0 Å². The summed E-state index contributed by atoms with van der Waals surface area (Å²) < 4.78 is 65.2. The molecule has 0 unspecified atom stereocenters. The molecule has 0 spiro atoms. The summed E-state index contributed by atoms with van der Waals surface area (Å²) in [7, 11) is 0. The van der Waals surface area contributed by atoms with Crippen LogP contribution in [0.5, 0.6) is 0 Å². The van der Waals surface area contributed by atoms with E-state index in [1.807, 2.05) is 30.3 Å². The van der Waals surface area contributed by atoms with E-state index in [1.54, 1.807) is 0 Å². The molecule has 1 nitrogen and oxygen atoms in total. The Labute approximate surface area is 145 Å². The molecule has 0 saturated carbocycles. The SMILES string of the molecule is [Fe].[O-]C(=C1C=CC=C1)c1c(F)c(F)c(F)c(F)c1F.c1cc[cH-]c1. The van der Waals surface area contributed by atoms with Gasteiger partial charge >= 0.3 is 0 Å². The van der Waals surface area contributed by atoms with Crippen molar-refractivity contribution in [3.63, 3.8) is 0 Å². The quantitative estimate of drug-likeness (QED) is 0.183. The molecule has 128 valence electrons. The van der Waals surface area contributed by atoms with Crippen molar-refractivity contribution >= 4 is 5.76 Å². The Morgan fingerprint density at radius 2 is 1.17 bits per heavy atom. The van der Waals surface area contributed by atoms with Crippen LogP contribution in [0.4, 0.5) is 22.0 Å².